The first kappa shape index (κ1) is 9.29. The van der Waals surface area contributed by atoms with E-state index in [4.69, 9.17) is 0 Å². The van der Waals surface area contributed by atoms with Gasteiger partial charge in [0.2, 0.25) is 0 Å². The van der Waals surface area contributed by atoms with Gasteiger partial charge in [0.15, 0.2) is 5.82 Å². The normalized spacial score (nSPS) is 10.6. The number of thiophene rings is 1. The lowest BCUT2D eigenvalue weighted by Crippen LogP contribution is -2.11. The molecule has 0 atom stereocenters. The average Bonchev–Trinajstić information content (AvgIpc) is 2.85. The van der Waals surface area contributed by atoms with E-state index in [1.807, 2.05) is 24.6 Å². The molecule has 6 heteroatoms. The topological polar surface area (TPSA) is 55.6 Å². The van der Waals surface area contributed by atoms with Crippen molar-refractivity contribution in [2.45, 2.75) is 6.42 Å². The van der Waals surface area contributed by atoms with Gasteiger partial charge in [0.25, 0.3) is 0 Å². The van der Waals surface area contributed by atoms with E-state index in [1.165, 1.54) is 0 Å². The smallest absolute Gasteiger partial charge is 0.176 e. The summed E-state index contributed by atoms with van der Waals surface area (Å²) in [4.78, 5) is 1.57. The first-order valence-corrected chi connectivity index (χ1v) is 5.25. The maximum Gasteiger partial charge on any atom is 0.176 e. The molecule has 74 valence electrons. The van der Waals surface area contributed by atoms with Crippen molar-refractivity contribution >= 4 is 11.3 Å². The van der Waals surface area contributed by atoms with Crippen LogP contribution in [0.25, 0.3) is 5.00 Å². The SMILES string of the molecule is CNCCc1nnn(-c2cccs2)n1. The highest BCUT2D eigenvalue weighted by Crippen LogP contribution is 2.11. The quantitative estimate of drug-likeness (QED) is 0.796. The second-order valence-electron chi connectivity index (χ2n) is 2.80. The third-order valence-corrected chi connectivity index (χ3v) is 2.59. The molecule has 0 aliphatic heterocycles. The minimum absolute atomic E-state index is 0.771. The van der Waals surface area contributed by atoms with Gasteiger partial charge in [-0.05, 0) is 29.8 Å². The van der Waals surface area contributed by atoms with Gasteiger partial charge in [-0.1, -0.05) is 0 Å². The van der Waals surface area contributed by atoms with Gasteiger partial charge in [0.1, 0.15) is 5.00 Å². The molecule has 2 rings (SSSR count). The van der Waals surface area contributed by atoms with Gasteiger partial charge in [-0.3, -0.25) is 0 Å². The standard InChI is InChI=1S/C8H11N5S/c1-9-5-4-7-10-12-13(11-7)8-3-2-6-14-8/h2-3,6,9H,4-5H2,1H3. The molecule has 0 radical (unpaired) electrons. The molecular weight excluding hydrogens is 198 g/mol. The van der Waals surface area contributed by atoms with E-state index in [0.29, 0.717) is 0 Å². The Hall–Kier alpha value is -1.27. The fourth-order valence-electron chi connectivity index (χ4n) is 1.06. The van der Waals surface area contributed by atoms with Gasteiger partial charge in [-0.25, -0.2) is 0 Å². The third kappa shape index (κ3) is 1.97. The van der Waals surface area contributed by atoms with Gasteiger partial charge in [0, 0.05) is 13.0 Å². The molecule has 0 amide bonds. The number of tetrazole rings is 1. The Labute approximate surface area is 85.8 Å². The van der Waals surface area contributed by atoms with Crippen LogP contribution in [0.3, 0.4) is 0 Å². The largest absolute Gasteiger partial charge is 0.319 e. The number of likely N-dealkylation sites (N-methyl/N-ethyl adjacent to an activating group) is 1. The van der Waals surface area contributed by atoms with Crippen molar-refractivity contribution < 1.29 is 0 Å². The molecule has 0 aliphatic carbocycles. The fourth-order valence-corrected chi connectivity index (χ4v) is 1.68. The van der Waals surface area contributed by atoms with Crippen molar-refractivity contribution in [2.75, 3.05) is 13.6 Å². The van der Waals surface area contributed by atoms with Crippen LogP contribution in [0.4, 0.5) is 0 Å². The van der Waals surface area contributed by atoms with Crippen LogP contribution in [-0.2, 0) is 6.42 Å². The molecule has 0 fully saturated rings. The Morgan fingerprint density at radius 2 is 2.50 bits per heavy atom. The third-order valence-electron chi connectivity index (χ3n) is 1.76. The van der Waals surface area contributed by atoms with Gasteiger partial charge in [-0.2, -0.15) is 0 Å². The monoisotopic (exact) mass is 209 g/mol. The van der Waals surface area contributed by atoms with Gasteiger partial charge >= 0.3 is 0 Å². The molecule has 0 saturated heterocycles. The van der Waals surface area contributed by atoms with E-state index in [1.54, 1.807) is 16.1 Å². The predicted octanol–water partition coefficient (Wildman–Crippen LogP) is 0.486. The van der Waals surface area contributed by atoms with E-state index in [2.05, 4.69) is 20.7 Å². The molecule has 0 spiro atoms. The fraction of sp³-hybridized carbons (Fsp3) is 0.375. The van der Waals surface area contributed by atoms with Gasteiger partial charge in [-0.15, -0.1) is 26.3 Å². The summed E-state index contributed by atoms with van der Waals surface area (Å²) < 4.78 is 0. The van der Waals surface area contributed by atoms with Gasteiger partial charge < -0.3 is 5.32 Å². The van der Waals surface area contributed by atoms with Crippen molar-refractivity contribution in [2.24, 2.45) is 0 Å². The Morgan fingerprint density at radius 1 is 1.57 bits per heavy atom. The Morgan fingerprint density at radius 3 is 3.21 bits per heavy atom. The summed E-state index contributed by atoms with van der Waals surface area (Å²) in [5.41, 5.74) is 0. The Bertz CT molecular complexity index is 380. The molecule has 2 aromatic heterocycles. The summed E-state index contributed by atoms with van der Waals surface area (Å²) in [6.07, 6.45) is 0.807. The van der Waals surface area contributed by atoms with Crippen molar-refractivity contribution in [3.8, 4) is 5.00 Å². The molecule has 0 unspecified atom stereocenters. The Balaban J connectivity index is 2.10. The molecular formula is C8H11N5S. The first-order chi connectivity index (χ1) is 6.90. The van der Waals surface area contributed by atoms with E-state index < -0.39 is 0 Å². The second kappa shape index (κ2) is 4.30. The molecule has 14 heavy (non-hydrogen) atoms. The molecule has 0 aliphatic rings. The van der Waals surface area contributed by atoms with Crippen molar-refractivity contribution in [3.63, 3.8) is 0 Å². The number of hydrogen-bond donors (Lipinski definition) is 1. The highest BCUT2D eigenvalue weighted by atomic mass is 32.1. The highest BCUT2D eigenvalue weighted by molar-refractivity contribution is 7.12. The lowest BCUT2D eigenvalue weighted by Gasteiger charge is -1.92. The van der Waals surface area contributed by atoms with Crippen LogP contribution >= 0.6 is 11.3 Å². The van der Waals surface area contributed by atoms with Crippen LogP contribution in [0.2, 0.25) is 0 Å². The van der Waals surface area contributed by atoms with Crippen LogP contribution in [0, 0.1) is 0 Å². The van der Waals surface area contributed by atoms with E-state index >= 15 is 0 Å². The predicted molar refractivity (Wildman–Crippen MR) is 54.7 cm³/mol. The van der Waals surface area contributed by atoms with E-state index in [-0.39, 0.29) is 0 Å². The number of nitrogens with zero attached hydrogens (tertiary/aromatic N) is 4. The lowest BCUT2D eigenvalue weighted by atomic mass is 10.4. The zero-order chi connectivity index (χ0) is 9.80. The minimum atomic E-state index is 0.771. The maximum absolute atomic E-state index is 4.26. The number of aromatic nitrogens is 4. The summed E-state index contributed by atoms with van der Waals surface area (Å²) in [5, 5.41) is 18.2. The molecule has 2 heterocycles. The van der Waals surface area contributed by atoms with Crippen molar-refractivity contribution in [3.05, 3.63) is 23.3 Å². The average molecular weight is 209 g/mol. The summed E-state index contributed by atoms with van der Waals surface area (Å²) >= 11 is 1.60. The zero-order valence-corrected chi connectivity index (χ0v) is 8.66. The number of hydrogen-bond acceptors (Lipinski definition) is 5. The van der Waals surface area contributed by atoms with Crippen LogP contribution in [0.5, 0.6) is 0 Å². The minimum Gasteiger partial charge on any atom is -0.319 e. The van der Waals surface area contributed by atoms with Crippen molar-refractivity contribution in [1.29, 1.82) is 0 Å². The molecule has 2 aromatic rings. The first-order valence-electron chi connectivity index (χ1n) is 4.37. The number of nitrogens with one attached hydrogen (secondary N) is 1. The molecule has 1 N–H and O–H groups in total. The molecule has 0 saturated carbocycles. The summed E-state index contributed by atoms with van der Waals surface area (Å²) in [5.74, 6) is 0.771. The van der Waals surface area contributed by atoms with E-state index in [9.17, 15) is 0 Å². The summed E-state index contributed by atoms with van der Waals surface area (Å²) in [6.45, 7) is 0.871. The lowest BCUT2D eigenvalue weighted by molar-refractivity contribution is 0.723. The highest BCUT2D eigenvalue weighted by Gasteiger charge is 2.03. The summed E-state index contributed by atoms with van der Waals surface area (Å²) in [7, 11) is 1.91. The van der Waals surface area contributed by atoms with Crippen LogP contribution in [0.1, 0.15) is 5.82 Å². The molecule has 0 aromatic carbocycles. The summed E-state index contributed by atoms with van der Waals surface area (Å²) in [6, 6.07) is 3.94. The van der Waals surface area contributed by atoms with Crippen LogP contribution in [0.15, 0.2) is 17.5 Å². The Kier molecular flexibility index (Phi) is 2.85. The molecule has 5 nitrogen and oxygen atoms in total. The van der Waals surface area contributed by atoms with E-state index in [0.717, 1.165) is 23.8 Å². The van der Waals surface area contributed by atoms with Gasteiger partial charge in [0.05, 0.1) is 0 Å². The van der Waals surface area contributed by atoms with Crippen molar-refractivity contribution in [1.82, 2.24) is 25.5 Å². The van der Waals surface area contributed by atoms with Crippen LogP contribution < -0.4 is 5.32 Å². The maximum atomic E-state index is 4.26. The second-order valence-corrected chi connectivity index (χ2v) is 3.73. The molecule has 0 bridgehead atoms. The van der Waals surface area contributed by atoms with Crippen LogP contribution in [-0.4, -0.2) is 33.8 Å². The zero-order valence-electron chi connectivity index (χ0n) is 7.84. The number of rotatable bonds is 4.